The van der Waals surface area contributed by atoms with Gasteiger partial charge in [-0.3, -0.25) is 24.0 Å². The van der Waals surface area contributed by atoms with Crippen LogP contribution in [0.5, 0.6) is 11.5 Å². The van der Waals surface area contributed by atoms with Crippen molar-refractivity contribution in [3.63, 3.8) is 0 Å². The van der Waals surface area contributed by atoms with Gasteiger partial charge in [-0.25, -0.2) is 4.98 Å². The molecule has 4 N–H and O–H groups in total. The molecule has 2 aromatic heterocycles. The molecule has 14 nitrogen and oxygen atoms in total. The van der Waals surface area contributed by atoms with Crippen LogP contribution in [0.2, 0.25) is 0 Å². The van der Waals surface area contributed by atoms with Crippen molar-refractivity contribution in [2.75, 3.05) is 26.8 Å². The van der Waals surface area contributed by atoms with Gasteiger partial charge in [-0.15, -0.1) is 0 Å². The first-order chi connectivity index (χ1) is 26.9. The van der Waals surface area contributed by atoms with Crippen molar-refractivity contribution < 1.29 is 33.4 Å². The highest BCUT2D eigenvalue weighted by atomic mass is 16.5. The number of aromatic nitrogens is 2. The third-order valence-electron chi connectivity index (χ3n) is 9.94. The number of nitrogens with one attached hydrogen (secondary N) is 4. The van der Waals surface area contributed by atoms with Crippen LogP contribution in [0.4, 0.5) is 0 Å². The molecule has 1 saturated carbocycles. The standard InChI is InChI=1S/C42H51N7O7/c1-26(2)19-31-25-56-33-16-12-29(13-17-33)21-35(47-41(53)36-23-48-18-6-5-7-37(48)45-36)40(52)46-34(20-28-10-14-32(55-4)15-11-28)39(51)43-27(3)42(54)49(22-30-8-9-30)24-38(50)44-31/h5-7,10-18,23,26-27,30-31,34-35H,8-9,19-22,24-25H2,1-4H3,(H,43,51)(H,44,50)(H,46,52)(H,47,53)/t27-,31+,34+,35+/m1/s1. The molecule has 0 saturated heterocycles. The molecule has 2 bridgehead atoms. The summed E-state index contributed by atoms with van der Waals surface area (Å²) in [6, 6.07) is 16.1. The number of amides is 5. The Morgan fingerprint density at radius 3 is 2.39 bits per heavy atom. The van der Waals surface area contributed by atoms with Crippen molar-refractivity contribution in [3.05, 3.63) is 95.9 Å². The number of nitrogens with zero attached hydrogens (tertiary/aromatic N) is 3. The molecule has 1 fully saturated rings. The first kappa shape index (κ1) is 39.8. The van der Waals surface area contributed by atoms with Crippen molar-refractivity contribution in [3.8, 4) is 11.5 Å². The Hall–Kier alpha value is -5.92. The zero-order chi connectivity index (χ0) is 39.8. The van der Waals surface area contributed by atoms with E-state index in [4.69, 9.17) is 9.47 Å². The fraction of sp³-hybridized carbons (Fsp3) is 0.429. The number of hydrogen-bond donors (Lipinski definition) is 4. The minimum atomic E-state index is -1.14. The molecule has 7 rings (SSSR count). The molecule has 4 aromatic rings. The Kier molecular flexibility index (Phi) is 12.9. The zero-order valence-electron chi connectivity index (χ0n) is 32.3. The molecule has 14 heteroatoms. The molecule has 3 aliphatic rings. The van der Waals surface area contributed by atoms with Crippen LogP contribution in [0.3, 0.4) is 0 Å². The first-order valence-electron chi connectivity index (χ1n) is 19.2. The SMILES string of the molecule is COc1ccc(C[C@@H]2NC(=O)[C@@H](NC(=O)c3cn4ccccc4n3)Cc3ccc(cc3)OC[C@H](CC(C)C)NC(=O)CN(CC3CC3)C(=O)[C@@H](C)NC2=O)cc1. The fourth-order valence-electron chi connectivity index (χ4n) is 6.80. The van der Waals surface area contributed by atoms with Crippen LogP contribution in [0.1, 0.15) is 61.6 Å². The normalized spacial score (nSPS) is 21.6. The van der Waals surface area contributed by atoms with E-state index in [1.54, 1.807) is 73.3 Å². The van der Waals surface area contributed by atoms with E-state index in [0.29, 0.717) is 30.1 Å². The van der Waals surface area contributed by atoms with Gasteiger partial charge in [0.25, 0.3) is 5.91 Å². The Bertz CT molecular complexity index is 1980. The number of benzene rings is 2. The average molecular weight is 766 g/mol. The van der Waals surface area contributed by atoms with E-state index in [1.807, 2.05) is 24.3 Å². The second-order valence-electron chi connectivity index (χ2n) is 15.2. The Labute approximate surface area is 326 Å². The summed E-state index contributed by atoms with van der Waals surface area (Å²) in [6.45, 7) is 6.14. The van der Waals surface area contributed by atoms with Crippen LogP contribution >= 0.6 is 0 Å². The molecule has 2 aromatic carbocycles. The summed E-state index contributed by atoms with van der Waals surface area (Å²) < 4.78 is 13.1. The summed E-state index contributed by atoms with van der Waals surface area (Å²) in [5, 5.41) is 11.6. The van der Waals surface area contributed by atoms with Gasteiger partial charge in [-0.05, 0) is 85.5 Å². The topological polar surface area (TPSA) is 172 Å². The number of fused-ring (bicyclic) bond motifs is 18. The van der Waals surface area contributed by atoms with Crippen LogP contribution < -0.4 is 30.7 Å². The summed E-state index contributed by atoms with van der Waals surface area (Å²) in [7, 11) is 1.55. The molecule has 2 aliphatic heterocycles. The number of pyridine rings is 1. The molecule has 1 aliphatic carbocycles. The van der Waals surface area contributed by atoms with Gasteiger partial charge in [0.1, 0.15) is 47.6 Å². The molecular formula is C42H51N7O7. The van der Waals surface area contributed by atoms with E-state index in [0.717, 1.165) is 24.0 Å². The minimum Gasteiger partial charge on any atom is -0.497 e. The summed E-state index contributed by atoms with van der Waals surface area (Å²) in [5.74, 6) is -0.731. The summed E-state index contributed by atoms with van der Waals surface area (Å²) in [4.78, 5) is 75.3. The molecule has 296 valence electrons. The van der Waals surface area contributed by atoms with Crippen LogP contribution in [-0.2, 0) is 32.0 Å². The molecule has 4 heterocycles. The lowest BCUT2D eigenvalue weighted by molar-refractivity contribution is -0.140. The average Bonchev–Trinajstić information content (AvgIpc) is 3.89. The van der Waals surface area contributed by atoms with Crippen LogP contribution in [0, 0.1) is 11.8 Å². The molecule has 0 spiro atoms. The lowest BCUT2D eigenvalue weighted by Crippen LogP contribution is -2.58. The number of carbonyl (C=O) groups excluding carboxylic acids is 5. The Morgan fingerprint density at radius 2 is 1.71 bits per heavy atom. The second-order valence-corrected chi connectivity index (χ2v) is 15.2. The highest BCUT2D eigenvalue weighted by Crippen LogP contribution is 2.30. The highest BCUT2D eigenvalue weighted by molar-refractivity contribution is 5.98. The van der Waals surface area contributed by atoms with E-state index in [2.05, 4.69) is 40.1 Å². The van der Waals surface area contributed by atoms with Crippen molar-refractivity contribution in [2.45, 2.75) is 77.0 Å². The molecule has 4 atom stereocenters. The van der Waals surface area contributed by atoms with E-state index >= 15 is 0 Å². The number of rotatable bonds is 9. The lowest BCUT2D eigenvalue weighted by atomic mass is 10.0. The number of methoxy groups -OCH3 is 1. The van der Waals surface area contributed by atoms with Crippen LogP contribution in [0.15, 0.2) is 79.1 Å². The van der Waals surface area contributed by atoms with E-state index < -0.39 is 41.8 Å². The minimum absolute atomic E-state index is 0.0764. The number of imidazole rings is 1. The van der Waals surface area contributed by atoms with Gasteiger partial charge in [-0.2, -0.15) is 0 Å². The van der Waals surface area contributed by atoms with Crippen molar-refractivity contribution in [1.29, 1.82) is 0 Å². The fourth-order valence-corrected chi connectivity index (χ4v) is 6.80. The third-order valence-corrected chi connectivity index (χ3v) is 9.94. The first-order valence-corrected chi connectivity index (χ1v) is 19.2. The number of carbonyl (C=O) groups is 5. The zero-order valence-corrected chi connectivity index (χ0v) is 32.3. The number of hydrogen-bond acceptors (Lipinski definition) is 8. The largest absolute Gasteiger partial charge is 0.497 e. The maximum Gasteiger partial charge on any atom is 0.272 e. The van der Waals surface area contributed by atoms with Gasteiger partial charge in [0.05, 0.1) is 19.7 Å². The molecule has 5 amide bonds. The molecule has 0 radical (unpaired) electrons. The third kappa shape index (κ3) is 10.9. The van der Waals surface area contributed by atoms with Crippen molar-refractivity contribution in [1.82, 2.24) is 35.6 Å². The maximum absolute atomic E-state index is 14.3. The smallest absolute Gasteiger partial charge is 0.272 e. The van der Waals surface area contributed by atoms with Crippen molar-refractivity contribution in [2.24, 2.45) is 11.8 Å². The molecule has 0 unspecified atom stereocenters. The number of ether oxygens (including phenoxy) is 2. The van der Waals surface area contributed by atoms with Gasteiger partial charge < -0.3 is 40.0 Å². The Balaban J connectivity index is 1.32. The van der Waals surface area contributed by atoms with Crippen molar-refractivity contribution >= 4 is 35.2 Å². The Morgan fingerprint density at radius 1 is 0.964 bits per heavy atom. The maximum atomic E-state index is 14.3. The quantitative estimate of drug-likeness (QED) is 0.188. The highest BCUT2D eigenvalue weighted by Gasteiger charge is 2.34. The van der Waals surface area contributed by atoms with Gasteiger partial charge in [0.2, 0.25) is 23.6 Å². The summed E-state index contributed by atoms with van der Waals surface area (Å²) >= 11 is 0. The summed E-state index contributed by atoms with van der Waals surface area (Å²) in [6.07, 6.45) is 6.09. The summed E-state index contributed by atoms with van der Waals surface area (Å²) in [5.41, 5.74) is 2.14. The van der Waals surface area contributed by atoms with Crippen LogP contribution in [-0.4, -0.2) is 94.8 Å². The van der Waals surface area contributed by atoms with Gasteiger partial charge in [0, 0.05) is 31.8 Å². The predicted octanol–water partition coefficient (Wildman–Crippen LogP) is 3.08. The lowest BCUT2D eigenvalue weighted by Gasteiger charge is -2.29. The van der Waals surface area contributed by atoms with Gasteiger partial charge in [-0.1, -0.05) is 44.2 Å². The van der Waals surface area contributed by atoms with Gasteiger partial charge >= 0.3 is 0 Å². The molecular weight excluding hydrogens is 715 g/mol. The molecule has 56 heavy (non-hydrogen) atoms. The van der Waals surface area contributed by atoms with Crippen LogP contribution in [0.25, 0.3) is 5.65 Å². The van der Waals surface area contributed by atoms with E-state index in [1.165, 1.54) is 4.90 Å². The van der Waals surface area contributed by atoms with E-state index in [9.17, 15) is 24.0 Å². The monoisotopic (exact) mass is 765 g/mol. The second kappa shape index (κ2) is 18.1. The predicted molar refractivity (Wildman–Crippen MR) is 209 cm³/mol. The van der Waals surface area contributed by atoms with E-state index in [-0.39, 0.29) is 55.5 Å². The van der Waals surface area contributed by atoms with Gasteiger partial charge in [0.15, 0.2) is 0 Å².